The number of aryl methyl sites for hydroxylation is 1. The predicted molar refractivity (Wildman–Crippen MR) is 116 cm³/mol. The molecule has 10 heteroatoms. The molecule has 0 aliphatic carbocycles. The fraction of sp³-hybridized carbons (Fsp3) is 0.364. The van der Waals surface area contributed by atoms with E-state index < -0.39 is 34.9 Å². The van der Waals surface area contributed by atoms with Crippen molar-refractivity contribution in [1.82, 2.24) is 9.88 Å². The molecule has 5 N–H and O–H groups in total. The molecule has 32 heavy (non-hydrogen) atoms. The lowest BCUT2D eigenvalue weighted by Crippen LogP contribution is -2.54. The standard InChI is InChI=1S/C22H27FN4O5/c1-11-10-14(6-7-15(11)23)25-19(30)16-12(2)17(27(8-9-28)13(16)3)18(29)20(31)26-22(4,5)21(24)32/h6-7,10,28H,8-9H2,1-5H3,(H2,24,32)(H,25,30)(H,26,31). The van der Waals surface area contributed by atoms with E-state index in [1.54, 1.807) is 13.8 Å². The van der Waals surface area contributed by atoms with Crippen LogP contribution in [0.5, 0.6) is 0 Å². The summed E-state index contributed by atoms with van der Waals surface area (Å²) in [4.78, 5) is 50.0. The van der Waals surface area contributed by atoms with Gasteiger partial charge in [0.15, 0.2) is 0 Å². The molecule has 2 rings (SSSR count). The third kappa shape index (κ3) is 4.86. The molecule has 1 aromatic carbocycles. The van der Waals surface area contributed by atoms with E-state index >= 15 is 0 Å². The van der Waals surface area contributed by atoms with Crippen molar-refractivity contribution >= 4 is 29.2 Å². The van der Waals surface area contributed by atoms with E-state index in [2.05, 4.69) is 10.6 Å². The van der Waals surface area contributed by atoms with Gasteiger partial charge in [0.05, 0.1) is 17.9 Å². The monoisotopic (exact) mass is 446 g/mol. The first-order valence-corrected chi connectivity index (χ1v) is 9.86. The van der Waals surface area contributed by atoms with E-state index in [0.29, 0.717) is 16.9 Å². The fourth-order valence-corrected chi connectivity index (χ4v) is 3.33. The minimum Gasteiger partial charge on any atom is -0.395 e. The molecule has 0 fully saturated rings. The Bertz CT molecular complexity index is 1100. The summed E-state index contributed by atoms with van der Waals surface area (Å²) in [5.41, 5.74) is 5.12. The summed E-state index contributed by atoms with van der Waals surface area (Å²) in [6.45, 7) is 6.97. The smallest absolute Gasteiger partial charge is 0.294 e. The van der Waals surface area contributed by atoms with E-state index in [1.807, 2.05) is 0 Å². The summed E-state index contributed by atoms with van der Waals surface area (Å²) in [7, 11) is 0. The average molecular weight is 446 g/mol. The van der Waals surface area contributed by atoms with Crippen LogP contribution in [0.1, 0.15) is 51.5 Å². The van der Waals surface area contributed by atoms with Gasteiger partial charge in [-0.25, -0.2) is 4.39 Å². The number of amides is 3. The van der Waals surface area contributed by atoms with Crippen LogP contribution in [0.3, 0.4) is 0 Å². The van der Waals surface area contributed by atoms with Crippen molar-refractivity contribution in [3.8, 4) is 0 Å². The second-order valence-corrected chi connectivity index (χ2v) is 8.00. The second-order valence-electron chi connectivity index (χ2n) is 8.00. The normalized spacial score (nSPS) is 11.2. The van der Waals surface area contributed by atoms with Crippen LogP contribution in [0.2, 0.25) is 0 Å². The molecule has 0 spiro atoms. The lowest BCUT2D eigenvalue weighted by atomic mass is 10.0. The SMILES string of the molecule is Cc1cc(NC(=O)c2c(C)c(C(=O)C(=O)NC(C)(C)C(N)=O)n(CCO)c2C)ccc1F. The predicted octanol–water partition coefficient (Wildman–Crippen LogP) is 1.36. The molecule has 1 aromatic heterocycles. The number of carbonyl (C=O) groups is 4. The molecule has 0 unspecified atom stereocenters. The average Bonchev–Trinajstić information content (AvgIpc) is 2.93. The molecule has 2 aromatic rings. The number of hydrogen-bond donors (Lipinski definition) is 4. The molecule has 0 radical (unpaired) electrons. The van der Waals surface area contributed by atoms with Gasteiger partial charge in [-0.15, -0.1) is 0 Å². The lowest BCUT2D eigenvalue weighted by Gasteiger charge is -2.22. The number of aromatic nitrogens is 1. The van der Waals surface area contributed by atoms with E-state index in [9.17, 15) is 28.7 Å². The molecule has 0 aliphatic heterocycles. The molecule has 0 atom stereocenters. The van der Waals surface area contributed by atoms with Gasteiger partial charge in [-0.1, -0.05) is 0 Å². The highest BCUT2D eigenvalue weighted by Gasteiger charge is 2.34. The maximum Gasteiger partial charge on any atom is 0.294 e. The Labute approximate surface area is 184 Å². The van der Waals surface area contributed by atoms with E-state index in [0.717, 1.165) is 0 Å². The van der Waals surface area contributed by atoms with Crippen molar-refractivity contribution in [2.75, 3.05) is 11.9 Å². The Morgan fingerprint density at radius 2 is 1.78 bits per heavy atom. The van der Waals surface area contributed by atoms with E-state index in [1.165, 1.54) is 43.5 Å². The first-order valence-electron chi connectivity index (χ1n) is 9.86. The van der Waals surface area contributed by atoms with Crippen LogP contribution in [0.25, 0.3) is 0 Å². The number of Topliss-reactive ketones (excluding diaryl/α,β-unsaturated/α-hetero) is 1. The van der Waals surface area contributed by atoms with Crippen LogP contribution in [0.4, 0.5) is 10.1 Å². The fourth-order valence-electron chi connectivity index (χ4n) is 3.33. The summed E-state index contributed by atoms with van der Waals surface area (Å²) in [5.74, 6) is -3.86. The van der Waals surface area contributed by atoms with Gasteiger partial charge >= 0.3 is 0 Å². The number of aliphatic hydroxyl groups is 1. The molecule has 0 aliphatic rings. The Morgan fingerprint density at radius 1 is 1.16 bits per heavy atom. The van der Waals surface area contributed by atoms with Gasteiger partial charge in [-0.3, -0.25) is 19.2 Å². The maximum atomic E-state index is 13.5. The lowest BCUT2D eigenvalue weighted by molar-refractivity contribution is -0.128. The highest BCUT2D eigenvalue weighted by Crippen LogP contribution is 2.25. The minimum absolute atomic E-state index is 0.0385. The van der Waals surface area contributed by atoms with E-state index in [4.69, 9.17) is 5.73 Å². The van der Waals surface area contributed by atoms with Gasteiger partial charge < -0.3 is 26.0 Å². The van der Waals surface area contributed by atoms with Crippen molar-refractivity contribution < 1.29 is 28.7 Å². The third-order valence-corrected chi connectivity index (χ3v) is 5.20. The maximum absolute atomic E-state index is 13.5. The van der Waals surface area contributed by atoms with Crippen molar-refractivity contribution in [3.63, 3.8) is 0 Å². The van der Waals surface area contributed by atoms with Crippen LogP contribution >= 0.6 is 0 Å². The summed E-state index contributed by atoms with van der Waals surface area (Å²) in [6.07, 6.45) is 0. The number of hydrogen-bond acceptors (Lipinski definition) is 5. The van der Waals surface area contributed by atoms with Gasteiger partial charge in [0, 0.05) is 17.9 Å². The van der Waals surface area contributed by atoms with Crippen LogP contribution in [0.15, 0.2) is 18.2 Å². The zero-order valence-corrected chi connectivity index (χ0v) is 18.6. The summed E-state index contributed by atoms with van der Waals surface area (Å²) in [5, 5.41) is 14.4. The molecule has 1 heterocycles. The van der Waals surface area contributed by atoms with Gasteiger partial charge in [0.25, 0.3) is 17.6 Å². The van der Waals surface area contributed by atoms with Gasteiger partial charge in [0.2, 0.25) is 5.91 Å². The first-order chi connectivity index (χ1) is 14.8. The molecule has 0 bridgehead atoms. The molecule has 3 amide bonds. The third-order valence-electron chi connectivity index (χ3n) is 5.20. The number of rotatable bonds is 8. The van der Waals surface area contributed by atoms with Crippen LogP contribution in [-0.4, -0.2) is 45.3 Å². The number of ketones is 1. The quantitative estimate of drug-likeness (QED) is 0.358. The molecular weight excluding hydrogens is 419 g/mol. The Morgan fingerprint density at radius 3 is 2.31 bits per heavy atom. The zero-order chi connectivity index (χ0) is 24.4. The van der Waals surface area contributed by atoms with Crippen LogP contribution in [0, 0.1) is 26.6 Å². The van der Waals surface area contributed by atoms with Crippen molar-refractivity contribution in [2.24, 2.45) is 5.73 Å². The Hall–Kier alpha value is -3.53. The number of carbonyl (C=O) groups excluding carboxylic acids is 4. The molecule has 0 saturated carbocycles. The van der Waals surface area contributed by atoms with Gasteiger partial charge in [-0.2, -0.15) is 0 Å². The zero-order valence-electron chi connectivity index (χ0n) is 18.6. The number of benzene rings is 1. The summed E-state index contributed by atoms with van der Waals surface area (Å²) < 4.78 is 14.9. The molecule has 172 valence electrons. The number of halogens is 1. The summed E-state index contributed by atoms with van der Waals surface area (Å²) in [6, 6.07) is 4.09. The molecule has 9 nitrogen and oxygen atoms in total. The van der Waals surface area contributed by atoms with Crippen molar-refractivity contribution in [1.29, 1.82) is 0 Å². The first kappa shape index (κ1) is 24.7. The van der Waals surface area contributed by atoms with Crippen LogP contribution in [-0.2, 0) is 16.1 Å². The topological polar surface area (TPSA) is 144 Å². The number of primary amides is 1. The number of aliphatic hydroxyl groups excluding tert-OH is 1. The number of nitrogens with one attached hydrogen (secondary N) is 2. The molecular formula is C22H27FN4O5. The number of nitrogens with zero attached hydrogens (tertiary/aromatic N) is 1. The highest BCUT2D eigenvalue weighted by atomic mass is 19.1. The molecule has 0 saturated heterocycles. The highest BCUT2D eigenvalue weighted by molar-refractivity contribution is 6.43. The van der Waals surface area contributed by atoms with E-state index in [-0.39, 0.29) is 30.0 Å². The number of anilines is 1. The van der Waals surface area contributed by atoms with Crippen molar-refractivity contribution in [3.05, 3.63) is 52.1 Å². The van der Waals surface area contributed by atoms with Gasteiger partial charge in [-0.05, 0) is 63.9 Å². The minimum atomic E-state index is -1.47. The summed E-state index contributed by atoms with van der Waals surface area (Å²) >= 11 is 0. The Kier molecular flexibility index (Phi) is 7.20. The Balaban J connectivity index is 2.47. The number of nitrogens with two attached hydrogens (primary N) is 1. The van der Waals surface area contributed by atoms with Crippen LogP contribution < -0.4 is 16.4 Å². The second kappa shape index (κ2) is 9.31. The van der Waals surface area contributed by atoms with Gasteiger partial charge in [0.1, 0.15) is 11.4 Å². The van der Waals surface area contributed by atoms with Crippen molar-refractivity contribution in [2.45, 2.75) is 46.7 Å². The largest absolute Gasteiger partial charge is 0.395 e.